The Morgan fingerprint density at radius 1 is 1.10 bits per heavy atom. The molecule has 1 unspecified atom stereocenters. The largest absolute Gasteiger partial charge is 0.497 e. The van der Waals surface area contributed by atoms with Crippen molar-refractivity contribution >= 4 is 16.5 Å². The third-order valence-corrected chi connectivity index (χ3v) is 4.04. The number of hydrogen-bond acceptors (Lipinski definition) is 4. The normalized spacial score (nSPS) is 11.8. The minimum absolute atomic E-state index is 0.383. The van der Waals surface area contributed by atoms with Gasteiger partial charge in [0.1, 0.15) is 18.1 Å². The van der Waals surface area contributed by atoms with E-state index in [0.29, 0.717) is 23.8 Å². The highest BCUT2D eigenvalue weighted by molar-refractivity contribution is 7.85. The first-order chi connectivity index (χ1) is 9.69. The Morgan fingerprint density at radius 3 is 2.55 bits per heavy atom. The highest BCUT2D eigenvalue weighted by Gasteiger charge is 2.05. The van der Waals surface area contributed by atoms with Crippen LogP contribution in [-0.4, -0.2) is 23.7 Å². The van der Waals surface area contributed by atoms with Crippen LogP contribution in [0.5, 0.6) is 11.5 Å². The van der Waals surface area contributed by atoms with Crippen LogP contribution in [0.3, 0.4) is 0 Å². The van der Waals surface area contributed by atoms with Crippen LogP contribution in [0.15, 0.2) is 53.4 Å². The van der Waals surface area contributed by atoms with Gasteiger partial charge in [0.2, 0.25) is 0 Å². The number of methoxy groups -OCH3 is 1. The molecule has 1 atom stereocenters. The van der Waals surface area contributed by atoms with Gasteiger partial charge in [-0.15, -0.1) is 0 Å². The molecule has 5 heteroatoms. The van der Waals surface area contributed by atoms with Crippen molar-refractivity contribution in [3.8, 4) is 11.5 Å². The standard InChI is InChI=1S/C15H17NO3S/c1-18-14-3-2-4-15(11-14)20(17)10-9-19-13-7-5-12(16)6-8-13/h2-8,11H,9-10,16H2,1H3. The molecule has 2 rings (SSSR count). The van der Waals surface area contributed by atoms with Gasteiger partial charge in [-0.25, -0.2) is 0 Å². The van der Waals surface area contributed by atoms with Gasteiger partial charge in [-0.2, -0.15) is 0 Å². The monoisotopic (exact) mass is 291 g/mol. The molecule has 0 aliphatic rings. The third kappa shape index (κ3) is 3.99. The van der Waals surface area contributed by atoms with E-state index < -0.39 is 10.8 Å². The summed E-state index contributed by atoms with van der Waals surface area (Å²) in [6.07, 6.45) is 0. The van der Waals surface area contributed by atoms with Crippen molar-refractivity contribution in [1.29, 1.82) is 0 Å². The minimum atomic E-state index is -1.10. The van der Waals surface area contributed by atoms with E-state index in [1.807, 2.05) is 18.2 Å². The molecule has 0 amide bonds. The summed E-state index contributed by atoms with van der Waals surface area (Å²) in [4.78, 5) is 0.741. The Morgan fingerprint density at radius 2 is 1.85 bits per heavy atom. The fraction of sp³-hybridized carbons (Fsp3) is 0.200. The van der Waals surface area contributed by atoms with Crippen LogP contribution in [-0.2, 0) is 10.8 Å². The first-order valence-electron chi connectivity index (χ1n) is 6.20. The molecule has 0 aliphatic heterocycles. The highest BCUT2D eigenvalue weighted by atomic mass is 32.2. The van der Waals surface area contributed by atoms with Crippen LogP contribution in [0.2, 0.25) is 0 Å². The summed E-state index contributed by atoms with van der Waals surface area (Å²) in [5, 5.41) is 0. The molecule has 0 fully saturated rings. The summed E-state index contributed by atoms with van der Waals surface area (Å²) in [7, 11) is 0.487. The number of nitrogens with two attached hydrogens (primary N) is 1. The summed E-state index contributed by atoms with van der Waals surface area (Å²) in [6, 6.07) is 14.4. The fourth-order valence-corrected chi connectivity index (χ4v) is 2.61. The highest BCUT2D eigenvalue weighted by Crippen LogP contribution is 2.16. The lowest BCUT2D eigenvalue weighted by atomic mass is 10.3. The van der Waals surface area contributed by atoms with Gasteiger partial charge in [-0.3, -0.25) is 4.21 Å². The van der Waals surface area contributed by atoms with Crippen LogP contribution in [0.4, 0.5) is 5.69 Å². The molecule has 20 heavy (non-hydrogen) atoms. The van der Waals surface area contributed by atoms with Crippen molar-refractivity contribution < 1.29 is 13.7 Å². The topological polar surface area (TPSA) is 61.5 Å². The Bertz CT molecular complexity index is 584. The molecule has 0 aromatic heterocycles. The van der Waals surface area contributed by atoms with E-state index in [0.717, 1.165) is 10.6 Å². The summed E-state index contributed by atoms with van der Waals surface area (Å²) in [5.74, 6) is 1.86. The zero-order valence-corrected chi connectivity index (χ0v) is 12.1. The van der Waals surface area contributed by atoms with Gasteiger partial charge in [0.15, 0.2) is 0 Å². The van der Waals surface area contributed by atoms with Crippen molar-refractivity contribution in [2.45, 2.75) is 4.90 Å². The molecule has 2 aromatic rings. The molecule has 106 valence electrons. The molecular formula is C15H17NO3S. The summed E-state index contributed by atoms with van der Waals surface area (Å²) in [6.45, 7) is 0.383. The Hall–Kier alpha value is -2.01. The number of anilines is 1. The SMILES string of the molecule is COc1cccc(S(=O)CCOc2ccc(N)cc2)c1. The van der Waals surface area contributed by atoms with Gasteiger partial charge in [0, 0.05) is 10.6 Å². The second kappa shape index (κ2) is 6.96. The summed E-state index contributed by atoms with van der Waals surface area (Å²) < 4.78 is 22.8. The average Bonchev–Trinajstić information content (AvgIpc) is 2.49. The molecular weight excluding hydrogens is 274 g/mol. The molecule has 0 bridgehead atoms. The summed E-state index contributed by atoms with van der Waals surface area (Å²) in [5.41, 5.74) is 6.28. The maximum absolute atomic E-state index is 12.1. The van der Waals surface area contributed by atoms with E-state index in [1.54, 1.807) is 37.4 Å². The van der Waals surface area contributed by atoms with Crippen LogP contribution < -0.4 is 15.2 Å². The Kier molecular flexibility index (Phi) is 5.01. The Balaban J connectivity index is 1.87. The van der Waals surface area contributed by atoms with Crippen molar-refractivity contribution in [2.75, 3.05) is 25.2 Å². The van der Waals surface area contributed by atoms with Crippen molar-refractivity contribution in [3.63, 3.8) is 0 Å². The molecule has 0 radical (unpaired) electrons. The van der Waals surface area contributed by atoms with Crippen molar-refractivity contribution in [1.82, 2.24) is 0 Å². The zero-order valence-electron chi connectivity index (χ0n) is 11.2. The molecule has 0 saturated carbocycles. The van der Waals surface area contributed by atoms with Crippen molar-refractivity contribution in [3.05, 3.63) is 48.5 Å². The molecule has 2 N–H and O–H groups in total. The fourth-order valence-electron chi connectivity index (χ4n) is 1.66. The third-order valence-electron chi connectivity index (χ3n) is 2.72. The predicted octanol–water partition coefficient (Wildman–Crippen LogP) is 2.46. The van der Waals surface area contributed by atoms with E-state index in [9.17, 15) is 4.21 Å². The number of rotatable bonds is 6. The number of nitrogen functional groups attached to an aromatic ring is 1. The molecule has 0 heterocycles. The van der Waals surface area contributed by atoms with Gasteiger partial charge >= 0.3 is 0 Å². The quantitative estimate of drug-likeness (QED) is 0.831. The molecule has 2 aromatic carbocycles. The lowest BCUT2D eigenvalue weighted by Crippen LogP contribution is -2.08. The summed E-state index contributed by atoms with van der Waals surface area (Å²) >= 11 is 0. The lowest BCUT2D eigenvalue weighted by Gasteiger charge is -2.07. The first kappa shape index (κ1) is 14.4. The second-order valence-electron chi connectivity index (χ2n) is 4.15. The van der Waals surface area contributed by atoms with E-state index in [2.05, 4.69) is 0 Å². The van der Waals surface area contributed by atoms with Gasteiger partial charge in [0.25, 0.3) is 0 Å². The van der Waals surface area contributed by atoms with E-state index in [1.165, 1.54) is 0 Å². The maximum atomic E-state index is 12.1. The molecule has 4 nitrogen and oxygen atoms in total. The van der Waals surface area contributed by atoms with Crippen LogP contribution in [0, 0.1) is 0 Å². The minimum Gasteiger partial charge on any atom is -0.497 e. The number of benzene rings is 2. The Labute approximate surface area is 121 Å². The predicted molar refractivity (Wildman–Crippen MR) is 80.6 cm³/mol. The molecule has 0 saturated heterocycles. The first-order valence-corrected chi connectivity index (χ1v) is 7.51. The average molecular weight is 291 g/mol. The lowest BCUT2D eigenvalue weighted by molar-refractivity contribution is 0.342. The van der Waals surface area contributed by atoms with Crippen molar-refractivity contribution in [2.24, 2.45) is 0 Å². The zero-order chi connectivity index (χ0) is 14.4. The second-order valence-corrected chi connectivity index (χ2v) is 5.72. The van der Waals surface area contributed by atoms with Gasteiger partial charge in [0.05, 0.1) is 23.7 Å². The number of hydrogen-bond donors (Lipinski definition) is 1. The smallest absolute Gasteiger partial charge is 0.120 e. The number of ether oxygens (including phenoxy) is 2. The van der Waals surface area contributed by atoms with E-state index >= 15 is 0 Å². The van der Waals surface area contributed by atoms with Gasteiger partial charge in [-0.1, -0.05) is 6.07 Å². The van der Waals surface area contributed by atoms with E-state index in [4.69, 9.17) is 15.2 Å². The maximum Gasteiger partial charge on any atom is 0.120 e. The van der Waals surface area contributed by atoms with Crippen LogP contribution in [0.25, 0.3) is 0 Å². The van der Waals surface area contributed by atoms with Crippen LogP contribution in [0.1, 0.15) is 0 Å². The van der Waals surface area contributed by atoms with E-state index in [-0.39, 0.29) is 0 Å². The van der Waals surface area contributed by atoms with Crippen LogP contribution >= 0.6 is 0 Å². The van der Waals surface area contributed by atoms with Gasteiger partial charge < -0.3 is 15.2 Å². The van der Waals surface area contributed by atoms with Gasteiger partial charge in [-0.05, 0) is 42.5 Å². The molecule has 0 spiro atoms. The molecule has 0 aliphatic carbocycles.